The van der Waals surface area contributed by atoms with Crippen LogP contribution in [0.25, 0.3) is 11.5 Å². The molecule has 0 radical (unpaired) electrons. The van der Waals surface area contributed by atoms with Gasteiger partial charge in [0, 0.05) is 31.3 Å². The first-order chi connectivity index (χ1) is 12.3. The highest BCUT2D eigenvalue weighted by atomic mass is 19.1. The number of hydrogen-bond acceptors (Lipinski definition) is 4. The summed E-state index contributed by atoms with van der Waals surface area (Å²) < 4.78 is 14.0. The van der Waals surface area contributed by atoms with Crippen LogP contribution < -0.4 is 0 Å². The molecule has 1 aliphatic rings. The molecular formula is C18H16FN5O. The number of carbonyl (C=O) groups is 1. The summed E-state index contributed by atoms with van der Waals surface area (Å²) in [4.78, 5) is 30.6. The van der Waals surface area contributed by atoms with Gasteiger partial charge in [-0.25, -0.2) is 14.4 Å². The average Bonchev–Trinajstić information content (AvgIpc) is 3.33. The average molecular weight is 337 g/mol. The van der Waals surface area contributed by atoms with Crippen molar-refractivity contribution in [2.45, 2.75) is 18.9 Å². The van der Waals surface area contributed by atoms with Crippen molar-refractivity contribution in [1.29, 1.82) is 0 Å². The molecule has 1 aromatic carbocycles. The minimum absolute atomic E-state index is 0.0813. The standard InChI is InChI=1S/C18H16FN5O/c19-13-5-2-1-4-12(13)18(25)24-11-3-6-14(24)15-16(21-8-7-20-15)17-22-9-10-23-17/h1-2,4-5,7-10,14H,3,6,11H2,(H,22,23)/t14-/m1/s1. The second-order valence-corrected chi connectivity index (χ2v) is 5.86. The molecular weight excluding hydrogens is 321 g/mol. The molecule has 0 spiro atoms. The highest BCUT2D eigenvalue weighted by molar-refractivity contribution is 5.95. The Balaban J connectivity index is 1.72. The van der Waals surface area contributed by atoms with Gasteiger partial charge in [0.2, 0.25) is 0 Å². The van der Waals surface area contributed by atoms with Crippen LogP contribution in [0.2, 0.25) is 0 Å². The fourth-order valence-electron chi connectivity index (χ4n) is 3.25. The molecule has 0 aliphatic carbocycles. The van der Waals surface area contributed by atoms with E-state index in [-0.39, 0.29) is 17.5 Å². The lowest BCUT2D eigenvalue weighted by Crippen LogP contribution is -2.32. The maximum absolute atomic E-state index is 14.0. The topological polar surface area (TPSA) is 74.8 Å². The van der Waals surface area contributed by atoms with Crippen molar-refractivity contribution in [3.05, 3.63) is 66.1 Å². The van der Waals surface area contributed by atoms with Gasteiger partial charge < -0.3 is 9.88 Å². The third-order valence-corrected chi connectivity index (χ3v) is 4.38. The molecule has 1 saturated heterocycles. The largest absolute Gasteiger partial charge is 0.343 e. The molecule has 2 aromatic heterocycles. The Morgan fingerprint density at radius 2 is 2.00 bits per heavy atom. The zero-order valence-corrected chi connectivity index (χ0v) is 13.4. The van der Waals surface area contributed by atoms with E-state index >= 15 is 0 Å². The molecule has 7 heteroatoms. The number of likely N-dealkylation sites (tertiary alicyclic amines) is 1. The molecule has 1 N–H and O–H groups in total. The summed E-state index contributed by atoms with van der Waals surface area (Å²) in [6, 6.07) is 5.80. The Hall–Kier alpha value is -3.09. The quantitative estimate of drug-likeness (QED) is 0.797. The van der Waals surface area contributed by atoms with E-state index in [4.69, 9.17) is 0 Å². The SMILES string of the molecule is O=C(c1ccccc1F)N1CCC[C@@H]1c1nccnc1-c1ncc[nH]1. The second-order valence-electron chi connectivity index (χ2n) is 5.86. The molecule has 4 rings (SSSR count). The Labute approximate surface area is 143 Å². The van der Waals surface area contributed by atoms with Crippen LogP contribution in [0.3, 0.4) is 0 Å². The first kappa shape index (κ1) is 15.4. The van der Waals surface area contributed by atoms with E-state index in [9.17, 15) is 9.18 Å². The minimum atomic E-state index is -0.511. The van der Waals surface area contributed by atoms with Crippen LogP contribution in [-0.2, 0) is 0 Å². The van der Waals surface area contributed by atoms with Gasteiger partial charge in [0.1, 0.15) is 11.5 Å². The number of carbonyl (C=O) groups excluding carboxylic acids is 1. The van der Waals surface area contributed by atoms with Gasteiger partial charge in [0.25, 0.3) is 5.91 Å². The summed E-state index contributed by atoms with van der Waals surface area (Å²) in [5.41, 5.74) is 1.38. The molecule has 1 aliphatic heterocycles. The fourth-order valence-corrected chi connectivity index (χ4v) is 3.25. The number of aromatic amines is 1. The van der Waals surface area contributed by atoms with Crippen molar-refractivity contribution in [2.75, 3.05) is 6.54 Å². The van der Waals surface area contributed by atoms with Gasteiger partial charge in [0.15, 0.2) is 5.82 Å². The van der Waals surface area contributed by atoms with Crippen LogP contribution in [0.4, 0.5) is 4.39 Å². The van der Waals surface area contributed by atoms with Crippen LogP contribution in [0.15, 0.2) is 49.1 Å². The Kier molecular flexibility index (Phi) is 3.97. The van der Waals surface area contributed by atoms with Crippen molar-refractivity contribution < 1.29 is 9.18 Å². The van der Waals surface area contributed by atoms with E-state index in [1.165, 1.54) is 12.1 Å². The summed E-state index contributed by atoms with van der Waals surface area (Å²) in [7, 11) is 0. The molecule has 1 atom stereocenters. The maximum Gasteiger partial charge on any atom is 0.257 e. The van der Waals surface area contributed by atoms with Gasteiger partial charge >= 0.3 is 0 Å². The molecule has 1 fully saturated rings. The third kappa shape index (κ3) is 2.77. The number of imidazole rings is 1. The predicted molar refractivity (Wildman–Crippen MR) is 89.0 cm³/mol. The van der Waals surface area contributed by atoms with E-state index in [0.29, 0.717) is 23.8 Å². The van der Waals surface area contributed by atoms with Gasteiger partial charge in [-0.05, 0) is 25.0 Å². The van der Waals surface area contributed by atoms with Crippen LogP contribution >= 0.6 is 0 Å². The first-order valence-corrected chi connectivity index (χ1v) is 8.12. The third-order valence-electron chi connectivity index (χ3n) is 4.38. The number of nitrogens with one attached hydrogen (secondary N) is 1. The van der Waals surface area contributed by atoms with Crippen LogP contribution in [0, 0.1) is 5.82 Å². The zero-order valence-electron chi connectivity index (χ0n) is 13.4. The smallest absolute Gasteiger partial charge is 0.257 e. The highest BCUT2D eigenvalue weighted by Gasteiger charge is 2.34. The highest BCUT2D eigenvalue weighted by Crippen LogP contribution is 2.35. The first-order valence-electron chi connectivity index (χ1n) is 8.12. The molecule has 0 bridgehead atoms. The molecule has 0 saturated carbocycles. The van der Waals surface area contributed by atoms with E-state index in [2.05, 4.69) is 19.9 Å². The van der Waals surface area contributed by atoms with Crippen LogP contribution in [-0.4, -0.2) is 37.3 Å². The molecule has 0 unspecified atom stereocenters. The molecule has 25 heavy (non-hydrogen) atoms. The monoisotopic (exact) mass is 337 g/mol. The lowest BCUT2D eigenvalue weighted by molar-refractivity contribution is 0.0728. The van der Waals surface area contributed by atoms with E-state index in [1.807, 2.05) is 0 Å². The van der Waals surface area contributed by atoms with Crippen molar-refractivity contribution in [2.24, 2.45) is 0 Å². The summed E-state index contributed by atoms with van der Waals surface area (Å²) in [6.07, 6.45) is 8.15. The van der Waals surface area contributed by atoms with E-state index in [0.717, 1.165) is 12.8 Å². The number of H-pyrrole nitrogens is 1. The fraction of sp³-hybridized carbons (Fsp3) is 0.222. The summed E-state index contributed by atoms with van der Waals surface area (Å²) in [6.45, 7) is 0.562. The number of halogens is 1. The summed E-state index contributed by atoms with van der Waals surface area (Å²) in [5.74, 6) is -0.228. The molecule has 3 aromatic rings. The number of nitrogens with zero attached hydrogens (tertiary/aromatic N) is 4. The van der Waals surface area contributed by atoms with Crippen molar-refractivity contribution >= 4 is 5.91 Å². The van der Waals surface area contributed by atoms with E-state index in [1.54, 1.807) is 41.8 Å². The second kappa shape index (κ2) is 6.43. The van der Waals surface area contributed by atoms with Crippen LogP contribution in [0.1, 0.15) is 34.9 Å². The Morgan fingerprint density at radius 3 is 2.80 bits per heavy atom. The van der Waals surface area contributed by atoms with Gasteiger partial charge in [-0.15, -0.1) is 0 Å². The Bertz CT molecular complexity index is 896. The summed E-state index contributed by atoms with van der Waals surface area (Å²) in [5, 5.41) is 0. The molecule has 126 valence electrons. The van der Waals surface area contributed by atoms with Gasteiger partial charge in [-0.3, -0.25) is 9.78 Å². The van der Waals surface area contributed by atoms with Crippen molar-refractivity contribution in [3.63, 3.8) is 0 Å². The van der Waals surface area contributed by atoms with Gasteiger partial charge in [-0.1, -0.05) is 12.1 Å². The van der Waals surface area contributed by atoms with Gasteiger partial charge in [-0.2, -0.15) is 0 Å². The summed E-state index contributed by atoms with van der Waals surface area (Å²) >= 11 is 0. The lowest BCUT2D eigenvalue weighted by atomic mass is 10.1. The zero-order chi connectivity index (χ0) is 17.2. The minimum Gasteiger partial charge on any atom is -0.343 e. The Morgan fingerprint density at radius 1 is 1.16 bits per heavy atom. The maximum atomic E-state index is 14.0. The number of amides is 1. The lowest BCUT2D eigenvalue weighted by Gasteiger charge is -2.25. The number of hydrogen-bond donors (Lipinski definition) is 1. The number of benzene rings is 1. The molecule has 1 amide bonds. The van der Waals surface area contributed by atoms with Gasteiger partial charge in [0.05, 0.1) is 17.3 Å². The number of aromatic nitrogens is 4. The van der Waals surface area contributed by atoms with E-state index < -0.39 is 5.82 Å². The predicted octanol–water partition coefficient (Wildman–Crippen LogP) is 2.98. The van der Waals surface area contributed by atoms with Crippen molar-refractivity contribution in [3.8, 4) is 11.5 Å². The number of rotatable bonds is 3. The van der Waals surface area contributed by atoms with Crippen LogP contribution in [0.5, 0.6) is 0 Å². The van der Waals surface area contributed by atoms with Crippen molar-refractivity contribution in [1.82, 2.24) is 24.8 Å². The molecule has 6 nitrogen and oxygen atoms in total. The normalized spacial score (nSPS) is 17.0. The molecule has 3 heterocycles.